The third kappa shape index (κ3) is 6.96. The van der Waals surface area contributed by atoms with E-state index in [1.165, 1.54) is 12.8 Å². The van der Waals surface area contributed by atoms with Crippen LogP contribution in [0.1, 0.15) is 40.0 Å². The van der Waals surface area contributed by atoms with Crippen molar-refractivity contribution in [1.82, 2.24) is 0 Å². The van der Waals surface area contributed by atoms with E-state index in [1.807, 2.05) is 38.1 Å². The summed E-state index contributed by atoms with van der Waals surface area (Å²) in [5.41, 5.74) is 0. The van der Waals surface area contributed by atoms with E-state index in [1.54, 1.807) is 0 Å². The predicted octanol–water partition coefficient (Wildman–Crippen LogP) is 4.76. The van der Waals surface area contributed by atoms with Crippen LogP contribution >= 0.6 is 0 Å². The monoisotopic (exact) mass is 296 g/mol. The molecule has 0 bridgehead atoms. The molecule has 0 saturated carbocycles. The van der Waals surface area contributed by atoms with E-state index in [0.29, 0.717) is 0 Å². The molecule has 0 amide bonds. The van der Waals surface area contributed by atoms with Gasteiger partial charge in [-0.05, 0) is 57.6 Å². The first kappa shape index (κ1) is 17.0. The second-order valence-corrected chi connectivity index (χ2v) is 8.99. The van der Waals surface area contributed by atoms with Crippen LogP contribution in [0.5, 0.6) is 11.5 Å². The van der Waals surface area contributed by atoms with E-state index < -0.39 is 8.56 Å². The Bertz CT molecular complexity index is 374. The van der Waals surface area contributed by atoms with Crippen LogP contribution in [-0.4, -0.2) is 21.3 Å². The van der Waals surface area contributed by atoms with E-state index in [0.717, 1.165) is 24.5 Å². The zero-order chi connectivity index (χ0) is 15.0. The molecule has 4 heteroatoms. The minimum atomic E-state index is -2.08. The molecule has 0 aliphatic carbocycles. The second kappa shape index (κ2) is 8.32. The van der Waals surface area contributed by atoms with Crippen molar-refractivity contribution in [2.45, 2.75) is 59.2 Å². The standard InChI is InChI=1S/C16H28O3Si/c1-6-7-8-13-17-20(4,5)19-16-11-9-15(10-12-16)18-14(2)3/h9-12,14H,6-8,13H2,1-5H3. The fourth-order valence-corrected chi connectivity index (χ4v) is 3.24. The Balaban J connectivity index is 2.45. The minimum Gasteiger partial charge on any atom is -0.520 e. The summed E-state index contributed by atoms with van der Waals surface area (Å²) in [5.74, 6) is 1.73. The summed E-state index contributed by atoms with van der Waals surface area (Å²) < 4.78 is 17.5. The van der Waals surface area contributed by atoms with Crippen LogP contribution in [0, 0.1) is 0 Å². The molecule has 20 heavy (non-hydrogen) atoms. The van der Waals surface area contributed by atoms with Crippen molar-refractivity contribution in [1.29, 1.82) is 0 Å². The van der Waals surface area contributed by atoms with Crippen LogP contribution in [0.4, 0.5) is 0 Å². The van der Waals surface area contributed by atoms with Gasteiger partial charge in [0.2, 0.25) is 0 Å². The second-order valence-electron chi connectivity index (χ2n) is 5.70. The lowest BCUT2D eigenvalue weighted by molar-refractivity contribution is 0.238. The fourth-order valence-electron chi connectivity index (χ4n) is 1.84. The van der Waals surface area contributed by atoms with Gasteiger partial charge in [-0.25, -0.2) is 0 Å². The molecule has 1 rings (SSSR count). The van der Waals surface area contributed by atoms with Gasteiger partial charge in [-0.1, -0.05) is 19.8 Å². The van der Waals surface area contributed by atoms with Crippen molar-refractivity contribution in [2.24, 2.45) is 0 Å². The molecule has 0 spiro atoms. The van der Waals surface area contributed by atoms with Gasteiger partial charge in [-0.2, -0.15) is 0 Å². The number of benzene rings is 1. The molecule has 0 radical (unpaired) electrons. The molecule has 0 aliphatic rings. The molecule has 0 saturated heterocycles. The first-order valence-corrected chi connectivity index (χ1v) is 10.3. The van der Waals surface area contributed by atoms with Gasteiger partial charge in [0, 0.05) is 6.61 Å². The SMILES string of the molecule is CCCCCO[Si](C)(C)Oc1ccc(OC(C)C)cc1. The normalized spacial score (nSPS) is 11.7. The van der Waals surface area contributed by atoms with Crippen molar-refractivity contribution in [3.8, 4) is 11.5 Å². The maximum absolute atomic E-state index is 6.00. The number of hydrogen-bond acceptors (Lipinski definition) is 3. The summed E-state index contributed by atoms with van der Waals surface area (Å²) in [6.07, 6.45) is 3.72. The summed E-state index contributed by atoms with van der Waals surface area (Å²) in [6, 6.07) is 7.78. The molecular weight excluding hydrogens is 268 g/mol. The van der Waals surface area contributed by atoms with Crippen molar-refractivity contribution >= 4 is 8.56 Å². The molecule has 3 nitrogen and oxygen atoms in total. The van der Waals surface area contributed by atoms with Gasteiger partial charge in [-0.15, -0.1) is 0 Å². The van der Waals surface area contributed by atoms with Gasteiger partial charge in [0.05, 0.1) is 6.10 Å². The molecule has 0 aliphatic heterocycles. The number of unbranched alkanes of at least 4 members (excludes halogenated alkanes) is 2. The van der Waals surface area contributed by atoms with Crippen molar-refractivity contribution < 1.29 is 13.6 Å². The molecule has 114 valence electrons. The zero-order valence-corrected chi connectivity index (χ0v) is 14.4. The van der Waals surface area contributed by atoms with Crippen LogP contribution in [0.3, 0.4) is 0 Å². The molecule has 0 heterocycles. The summed E-state index contributed by atoms with van der Waals surface area (Å²) in [4.78, 5) is 0. The topological polar surface area (TPSA) is 27.7 Å². The highest BCUT2D eigenvalue weighted by Crippen LogP contribution is 2.21. The van der Waals surface area contributed by atoms with Gasteiger partial charge in [0.15, 0.2) is 0 Å². The molecule has 1 aromatic rings. The zero-order valence-electron chi connectivity index (χ0n) is 13.4. The Morgan fingerprint density at radius 1 is 1.00 bits per heavy atom. The number of rotatable bonds is 9. The van der Waals surface area contributed by atoms with E-state index >= 15 is 0 Å². The molecular formula is C16H28O3Si. The third-order valence-electron chi connectivity index (χ3n) is 2.76. The Kier molecular flexibility index (Phi) is 7.09. The van der Waals surface area contributed by atoms with Gasteiger partial charge in [0.1, 0.15) is 11.5 Å². The van der Waals surface area contributed by atoms with Gasteiger partial charge >= 0.3 is 8.56 Å². The Labute approximate surface area is 124 Å². The molecule has 0 unspecified atom stereocenters. The number of hydrogen-bond donors (Lipinski definition) is 0. The van der Waals surface area contributed by atoms with Crippen molar-refractivity contribution in [3.63, 3.8) is 0 Å². The van der Waals surface area contributed by atoms with E-state index in [9.17, 15) is 0 Å². The summed E-state index contributed by atoms with van der Waals surface area (Å²) in [5, 5.41) is 0. The number of ether oxygens (including phenoxy) is 1. The predicted molar refractivity (Wildman–Crippen MR) is 85.8 cm³/mol. The first-order chi connectivity index (χ1) is 9.43. The largest absolute Gasteiger partial charge is 0.520 e. The highest BCUT2D eigenvalue weighted by molar-refractivity contribution is 6.65. The lowest BCUT2D eigenvalue weighted by Crippen LogP contribution is -2.38. The highest BCUT2D eigenvalue weighted by atomic mass is 28.4. The molecule has 1 aromatic carbocycles. The molecule has 0 atom stereocenters. The van der Waals surface area contributed by atoms with E-state index in [-0.39, 0.29) is 6.10 Å². The fraction of sp³-hybridized carbons (Fsp3) is 0.625. The maximum atomic E-state index is 6.00. The molecule has 0 N–H and O–H groups in total. The minimum absolute atomic E-state index is 0.189. The van der Waals surface area contributed by atoms with Gasteiger partial charge in [0.25, 0.3) is 0 Å². The van der Waals surface area contributed by atoms with Crippen molar-refractivity contribution in [2.75, 3.05) is 6.61 Å². The molecule has 0 aromatic heterocycles. The lowest BCUT2D eigenvalue weighted by atomic mass is 10.3. The highest BCUT2D eigenvalue weighted by Gasteiger charge is 2.26. The van der Waals surface area contributed by atoms with Crippen LogP contribution < -0.4 is 9.16 Å². The van der Waals surface area contributed by atoms with E-state index in [2.05, 4.69) is 20.0 Å². The Morgan fingerprint density at radius 3 is 2.15 bits per heavy atom. The Hall–Kier alpha value is -1.00. The summed E-state index contributed by atoms with van der Waals surface area (Å²) in [6.45, 7) is 11.2. The van der Waals surface area contributed by atoms with E-state index in [4.69, 9.17) is 13.6 Å². The van der Waals surface area contributed by atoms with Crippen LogP contribution in [0.25, 0.3) is 0 Å². The van der Waals surface area contributed by atoms with Gasteiger partial charge in [-0.3, -0.25) is 0 Å². The first-order valence-electron chi connectivity index (χ1n) is 7.52. The van der Waals surface area contributed by atoms with Crippen LogP contribution in [-0.2, 0) is 4.43 Å². The van der Waals surface area contributed by atoms with Crippen LogP contribution in [0.15, 0.2) is 24.3 Å². The smallest absolute Gasteiger partial charge is 0.392 e. The van der Waals surface area contributed by atoms with Gasteiger partial charge < -0.3 is 13.6 Å². The summed E-state index contributed by atoms with van der Waals surface area (Å²) >= 11 is 0. The molecule has 0 fully saturated rings. The quantitative estimate of drug-likeness (QED) is 0.485. The average Bonchev–Trinajstić information content (AvgIpc) is 2.36. The maximum Gasteiger partial charge on any atom is 0.392 e. The summed E-state index contributed by atoms with van der Waals surface area (Å²) in [7, 11) is -2.08. The van der Waals surface area contributed by atoms with Crippen molar-refractivity contribution in [3.05, 3.63) is 24.3 Å². The Morgan fingerprint density at radius 2 is 1.60 bits per heavy atom. The van der Waals surface area contributed by atoms with Crippen LogP contribution in [0.2, 0.25) is 13.1 Å². The lowest BCUT2D eigenvalue weighted by Gasteiger charge is -2.24. The average molecular weight is 296 g/mol. The third-order valence-corrected chi connectivity index (χ3v) is 4.38.